The largest absolute Gasteiger partial charge is 0.382 e. The van der Waals surface area contributed by atoms with E-state index in [1.54, 1.807) is 107 Å². The molecule has 20 atom stereocenters. The molecule has 0 rings (SSSR count). The number of hydrogen-bond donors (Lipinski definition) is 0. The van der Waals surface area contributed by atoms with Gasteiger partial charge in [-0.25, -0.2) is 0 Å². The van der Waals surface area contributed by atoms with Crippen LogP contribution in [0.4, 0.5) is 0 Å². The highest BCUT2D eigenvalue weighted by Crippen LogP contribution is 2.17. The Labute approximate surface area is 833 Å². The van der Waals surface area contributed by atoms with Crippen LogP contribution in [-0.4, -0.2) is 394 Å². The topological polar surface area (TPSA) is 277 Å². The smallest absolute Gasteiger partial charge is 0.0835 e. The second-order valence-corrected chi connectivity index (χ2v) is 34.3. The first-order valence-electron chi connectivity index (χ1n) is 51.5. The van der Waals surface area contributed by atoms with E-state index in [1.807, 2.05) is 90.0 Å². The maximum absolute atomic E-state index is 6.09. The van der Waals surface area contributed by atoms with Crippen LogP contribution < -0.4 is 0 Å². The van der Waals surface area contributed by atoms with Gasteiger partial charge in [-0.15, -0.1) is 0 Å². The molecule has 0 aliphatic carbocycles. The third-order valence-electron chi connectivity index (χ3n) is 18.7. The summed E-state index contributed by atoms with van der Waals surface area (Å²) < 4.78 is 160. The first kappa shape index (κ1) is 154. The highest BCUT2D eigenvalue weighted by molar-refractivity contribution is 4.69. The van der Waals surface area contributed by atoms with Gasteiger partial charge in [0.1, 0.15) is 0 Å². The summed E-state index contributed by atoms with van der Waals surface area (Å²) in [5.41, 5.74) is 0. The molecule has 0 aromatic rings. The van der Waals surface area contributed by atoms with Gasteiger partial charge in [0.2, 0.25) is 0 Å². The van der Waals surface area contributed by atoms with E-state index in [2.05, 4.69) is 90.0 Å². The van der Waals surface area contributed by atoms with Crippen LogP contribution in [0.25, 0.3) is 0 Å². The standard InChI is InChI=1S/C14H30O3.2C12H26O3.5C10H22O3.C9H20O3.C8H18O3/c1-5-7-9-13(11-15-3)17-14(12-16-4)10-8-6-2;1-5-7-11(9-13-3)15-12(8-6-2)10-14-4;1-5-7-13-9-11(3)15-12(4)10-14-8-6-2;1-8(2)10(7-12-5)13-9(3)6-11-4;1-5-6-10(8-12-4)13-9(2)7-11-3;1-5-6-12-8-10(3)13-9(2)7-11-4;1-5-9(7-11-3)13-10(6-2)8-12-4;1-5-11-7-9(3)13-10(4)8-12-6-2;1-5-9(7-11-4)12-8(2)6-10-3;1-7(5-9-3)11-8(2)6-10-4/h13-14H,5-12H2,1-4H3;2*11-12H,5-10H2,1-4H3;8-10H,6-7H2,1-5H3;4*9-10H,5-8H2,1-4H3;8-9H,5-7H2,1-4H3;7-8H,5-6H2,1-4H3. The molecule has 0 aliphatic heterocycles. The SMILES string of the molecule is CCC(COC)OC(C)COC.CCC(COC)OC(CC)COC.CCCC(COC)OC(C)COC.CCCC(COC)OC(CCC)COC.CCCCC(COC)OC(CCCC)COC.CCCOCC(C)OC(C)COC.CCCOCC(C)OC(C)COCCC.CCOCC(C)OC(C)COCC.COCC(C)OC(C)COC.COCC(C)OC(COC)C(C)C. The van der Waals surface area contributed by atoms with E-state index in [1.165, 1.54) is 25.7 Å². The molecule has 830 valence electrons. The molecule has 20 unspecified atom stereocenters. The van der Waals surface area contributed by atoms with Crippen LogP contribution in [-0.2, 0) is 142 Å². The van der Waals surface area contributed by atoms with E-state index < -0.39 is 0 Å². The first-order chi connectivity index (χ1) is 64.7. The third-order valence-corrected chi connectivity index (χ3v) is 18.7. The maximum atomic E-state index is 6.09. The summed E-state index contributed by atoms with van der Waals surface area (Å²) >= 11 is 0. The molecule has 0 aromatic carbocycles. The monoisotopic (exact) mass is 1970 g/mol. The van der Waals surface area contributed by atoms with Gasteiger partial charge in [-0.1, -0.05) is 135 Å². The predicted octanol–water partition coefficient (Wildman–Crippen LogP) is 20.3. The molecule has 135 heavy (non-hydrogen) atoms. The maximum Gasteiger partial charge on any atom is 0.0835 e. The molecule has 0 saturated carbocycles. The number of unbranched alkanes of at least 4 members (excludes halogenated alkanes) is 2. The lowest BCUT2D eigenvalue weighted by atomic mass is 10.1. The van der Waals surface area contributed by atoms with Crippen LogP contribution in [0.2, 0.25) is 0 Å². The Hall–Kier alpha value is -1.20. The van der Waals surface area contributed by atoms with Crippen LogP contribution in [0.3, 0.4) is 0 Å². The van der Waals surface area contributed by atoms with Crippen molar-refractivity contribution in [3.8, 4) is 0 Å². The summed E-state index contributed by atoms with van der Waals surface area (Å²) in [6.45, 7) is 70.9. The van der Waals surface area contributed by atoms with Gasteiger partial charge in [0.05, 0.1) is 254 Å². The summed E-state index contributed by atoms with van der Waals surface area (Å²) in [6, 6.07) is 0. The van der Waals surface area contributed by atoms with E-state index in [4.69, 9.17) is 142 Å². The van der Waals surface area contributed by atoms with Crippen LogP contribution in [0.1, 0.15) is 296 Å². The van der Waals surface area contributed by atoms with Crippen molar-refractivity contribution in [2.75, 3.05) is 272 Å². The van der Waals surface area contributed by atoms with Gasteiger partial charge in [-0.05, 0) is 167 Å². The van der Waals surface area contributed by atoms with E-state index in [9.17, 15) is 0 Å². The van der Waals surface area contributed by atoms with Crippen molar-refractivity contribution in [1.82, 2.24) is 0 Å². The number of rotatable bonds is 84. The van der Waals surface area contributed by atoms with E-state index in [0.29, 0.717) is 138 Å². The molecule has 0 N–H and O–H groups in total. The van der Waals surface area contributed by atoms with E-state index in [-0.39, 0.29) is 122 Å². The Morgan fingerprint density at radius 3 is 0.548 bits per heavy atom. The first-order valence-corrected chi connectivity index (χ1v) is 51.5. The molecule has 0 radical (unpaired) electrons. The Balaban J connectivity index is -0.000000161. The van der Waals surface area contributed by atoms with Gasteiger partial charge in [0.15, 0.2) is 0 Å². The summed E-state index contributed by atoms with van der Waals surface area (Å²) in [7, 11) is 25.4. The van der Waals surface area contributed by atoms with Gasteiger partial charge in [-0.2, -0.15) is 0 Å². The Bertz CT molecular complexity index is 1930. The van der Waals surface area contributed by atoms with Crippen molar-refractivity contribution in [2.45, 2.75) is 418 Å². The molecule has 30 heteroatoms. The van der Waals surface area contributed by atoms with Crippen molar-refractivity contribution in [3.63, 3.8) is 0 Å². The molecule has 0 aromatic heterocycles. The zero-order valence-corrected chi connectivity index (χ0v) is 95.8. The number of methoxy groups -OCH3 is 15. The molecular weight excluding hydrogens is 1740 g/mol. The zero-order valence-electron chi connectivity index (χ0n) is 95.8. The fourth-order valence-corrected chi connectivity index (χ4v) is 12.5. The van der Waals surface area contributed by atoms with Gasteiger partial charge < -0.3 is 142 Å². The van der Waals surface area contributed by atoms with Crippen LogP contribution >= 0.6 is 0 Å². The summed E-state index contributed by atoms with van der Waals surface area (Å²) in [4.78, 5) is 0. The molecule has 0 saturated heterocycles. The lowest BCUT2D eigenvalue weighted by Gasteiger charge is -2.24. The van der Waals surface area contributed by atoms with Crippen molar-refractivity contribution < 1.29 is 142 Å². The summed E-state index contributed by atoms with van der Waals surface area (Å²) in [5.74, 6) is 0.472. The second kappa shape index (κ2) is 127. The Kier molecular flexibility index (Phi) is 145. The molecule has 0 aliphatic rings. The molecule has 0 spiro atoms. The average Bonchev–Trinajstić information content (AvgIpc) is 0.952. The van der Waals surface area contributed by atoms with Crippen LogP contribution in [0.5, 0.6) is 0 Å². The third kappa shape index (κ3) is 127. The summed E-state index contributed by atoms with van der Waals surface area (Å²) in [5, 5.41) is 0. The van der Waals surface area contributed by atoms with Gasteiger partial charge in [0.25, 0.3) is 0 Å². The van der Waals surface area contributed by atoms with Crippen molar-refractivity contribution in [1.29, 1.82) is 0 Å². The van der Waals surface area contributed by atoms with Gasteiger partial charge in [0, 0.05) is 140 Å². The molecule has 0 fully saturated rings. The molecule has 0 bridgehead atoms. The average molecular weight is 1970 g/mol. The number of ether oxygens (including phenoxy) is 30. The van der Waals surface area contributed by atoms with E-state index in [0.717, 1.165) is 123 Å². The molecule has 0 heterocycles. The van der Waals surface area contributed by atoms with Gasteiger partial charge >= 0.3 is 0 Å². The van der Waals surface area contributed by atoms with Crippen LogP contribution in [0, 0.1) is 5.92 Å². The molecule has 30 nitrogen and oxygen atoms in total. The lowest BCUT2D eigenvalue weighted by Crippen LogP contribution is -2.31. The normalized spacial score (nSPS) is 15.6. The van der Waals surface area contributed by atoms with Gasteiger partial charge in [-0.3, -0.25) is 0 Å². The lowest BCUT2D eigenvalue weighted by molar-refractivity contribution is -0.0834. The minimum absolute atomic E-state index is 0.132. The quantitative estimate of drug-likeness (QED) is 0.0512. The van der Waals surface area contributed by atoms with Crippen molar-refractivity contribution in [3.05, 3.63) is 0 Å². The van der Waals surface area contributed by atoms with Crippen LogP contribution in [0.15, 0.2) is 0 Å². The minimum atomic E-state index is 0.132. The zero-order chi connectivity index (χ0) is 105. The second-order valence-electron chi connectivity index (χ2n) is 34.3. The van der Waals surface area contributed by atoms with Crippen molar-refractivity contribution >= 4 is 0 Å². The fraction of sp³-hybridized carbons (Fsp3) is 1.00. The Morgan fingerprint density at radius 2 is 0.341 bits per heavy atom. The van der Waals surface area contributed by atoms with E-state index >= 15 is 0 Å². The highest BCUT2D eigenvalue weighted by Gasteiger charge is 2.22. The molecule has 0 amide bonds. The number of hydrogen-bond acceptors (Lipinski definition) is 30. The highest BCUT2D eigenvalue weighted by atomic mass is 16.6. The minimum Gasteiger partial charge on any atom is -0.382 e. The van der Waals surface area contributed by atoms with Crippen molar-refractivity contribution in [2.24, 2.45) is 5.92 Å². The Morgan fingerprint density at radius 1 is 0.156 bits per heavy atom. The molecular formula is C105H230O30. The fourth-order valence-electron chi connectivity index (χ4n) is 12.5. The predicted molar refractivity (Wildman–Crippen MR) is 553 cm³/mol. The summed E-state index contributed by atoms with van der Waals surface area (Å²) in [6.07, 6.45) is 23.0.